The minimum absolute atomic E-state index is 0.725. The molecule has 1 N–H and O–H groups in total. The largest absolute Gasteiger partial charge is 0.454 e. The third kappa shape index (κ3) is 3.38. The molecule has 0 atom stereocenters. The number of aromatic nitrogens is 1. The zero-order valence-electron chi connectivity index (χ0n) is 11.4. The minimum Gasteiger partial charge on any atom is -0.454 e. The molecule has 0 saturated heterocycles. The molecule has 104 valence electrons. The topological polar surface area (TPSA) is 34.1 Å². The molecular weight excluding hydrogens is 316 g/mol. The molecule has 0 spiro atoms. The first-order valence-corrected chi connectivity index (χ1v) is 7.63. The Morgan fingerprint density at radius 3 is 2.85 bits per heavy atom. The molecule has 3 rings (SSSR count). The summed E-state index contributed by atoms with van der Waals surface area (Å²) in [4.78, 5) is 4.23. The Labute approximate surface area is 127 Å². The second-order valence-corrected chi connectivity index (χ2v) is 5.96. The molecule has 1 saturated carbocycles. The first kappa shape index (κ1) is 13.6. The fourth-order valence-corrected chi connectivity index (χ4v) is 2.49. The van der Waals surface area contributed by atoms with Crippen molar-refractivity contribution < 1.29 is 4.74 Å². The summed E-state index contributed by atoms with van der Waals surface area (Å²) < 4.78 is 6.87. The van der Waals surface area contributed by atoms with E-state index in [1.807, 2.05) is 25.1 Å². The number of benzene rings is 1. The Morgan fingerprint density at radius 2 is 2.15 bits per heavy atom. The number of nitrogens with zero attached hydrogens (tertiary/aromatic N) is 1. The van der Waals surface area contributed by atoms with Gasteiger partial charge < -0.3 is 10.1 Å². The van der Waals surface area contributed by atoms with Crippen molar-refractivity contribution in [3.8, 4) is 11.5 Å². The van der Waals surface area contributed by atoms with Gasteiger partial charge in [-0.1, -0.05) is 6.07 Å². The Kier molecular flexibility index (Phi) is 4.03. The van der Waals surface area contributed by atoms with Gasteiger partial charge in [-0.05, 0) is 65.5 Å². The molecular formula is C16H17BrN2O. The van der Waals surface area contributed by atoms with E-state index in [4.69, 9.17) is 4.74 Å². The van der Waals surface area contributed by atoms with Gasteiger partial charge in [-0.3, -0.25) is 4.98 Å². The van der Waals surface area contributed by atoms with Gasteiger partial charge in [0.15, 0.2) is 0 Å². The van der Waals surface area contributed by atoms with Gasteiger partial charge in [-0.15, -0.1) is 0 Å². The van der Waals surface area contributed by atoms with Gasteiger partial charge in [0.05, 0.1) is 10.2 Å². The lowest BCUT2D eigenvalue weighted by Crippen LogP contribution is -2.15. The van der Waals surface area contributed by atoms with Gasteiger partial charge in [-0.2, -0.15) is 0 Å². The smallest absolute Gasteiger partial charge is 0.148 e. The number of pyridine rings is 1. The average Bonchev–Trinajstić information content (AvgIpc) is 3.26. The highest BCUT2D eigenvalue weighted by Crippen LogP contribution is 2.31. The van der Waals surface area contributed by atoms with Crippen molar-refractivity contribution in [2.75, 3.05) is 0 Å². The van der Waals surface area contributed by atoms with Gasteiger partial charge in [-0.25, -0.2) is 0 Å². The highest BCUT2D eigenvalue weighted by molar-refractivity contribution is 9.10. The van der Waals surface area contributed by atoms with Gasteiger partial charge in [0.25, 0.3) is 0 Å². The average molecular weight is 333 g/mol. The summed E-state index contributed by atoms with van der Waals surface area (Å²) in [5.74, 6) is 1.60. The molecule has 1 aliphatic carbocycles. The number of halogens is 1. The summed E-state index contributed by atoms with van der Waals surface area (Å²) in [5, 5.41) is 3.51. The van der Waals surface area contributed by atoms with Crippen LogP contribution in [0.3, 0.4) is 0 Å². The van der Waals surface area contributed by atoms with Crippen LogP contribution in [0, 0.1) is 6.92 Å². The van der Waals surface area contributed by atoms with Crippen molar-refractivity contribution in [1.82, 2.24) is 10.3 Å². The molecule has 1 aromatic heterocycles. The molecule has 0 bridgehead atoms. The summed E-state index contributed by atoms with van der Waals surface area (Å²) in [6.07, 6.45) is 4.38. The van der Waals surface area contributed by atoms with E-state index in [1.165, 1.54) is 18.4 Å². The van der Waals surface area contributed by atoms with E-state index in [-0.39, 0.29) is 0 Å². The van der Waals surface area contributed by atoms with Crippen molar-refractivity contribution in [1.29, 1.82) is 0 Å². The normalized spacial score (nSPS) is 14.3. The molecule has 0 unspecified atom stereocenters. The Hall–Kier alpha value is -1.39. The molecule has 4 heteroatoms. The van der Waals surface area contributed by atoms with Gasteiger partial charge in [0, 0.05) is 18.8 Å². The van der Waals surface area contributed by atoms with E-state index < -0.39 is 0 Å². The predicted molar refractivity (Wildman–Crippen MR) is 83.1 cm³/mol. The van der Waals surface area contributed by atoms with Crippen LogP contribution in [-0.2, 0) is 6.54 Å². The summed E-state index contributed by atoms with van der Waals surface area (Å²) in [7, 11) is 0. The van der Waals surface area contributed by atoms with Crippen molar-refractivity contribution in [2.45, 2.75) is 32.4 Å². The second-order valence-electron chi connectivity index (χ2n) is 5.11. The van der Waals surface area contributed by atoms with Gasteiger partial charge in [0.1, 0.15) is 11.5 Å². The van der Waals surface area contributed by atoms with Crippen LogP contribution in [0.1, 0.15) is 24.1 Å². The van der Waals surface area contributed by atoms with Crippen LogP contribution in [0.15, 0.2) is 41.0 Å². The van der Waals surface area contributed by atoms with Crippen LogP contribution in [0.25, 0.3) is 0 Å². The molecule has 1 aromatic carbocycles. The van der Waals surface area contributed by atoms with E-state index in [0.717, 1.165) is 34.3 Å². The SMILES string of the molecule is Cc1ncccc1Oc1ccc(CNC2CC2)cc1Br. The van der Waals surface area contributed by atoms with Crippen LogP contribution < -0.4 is 10.1 Å². The fraction of sp³-hybridized carbons (Fsp3) is 0.312. The maximum atomic E-state index is 5.90. The monoisotopic (exact) mass is 332 g/mol. The molecule has 2 aromatic rings. The maximum Gasteiger partial charge on any atom is 0.148 e. The maximum absolute atomic E-state index is 5.90. The summed E-state index contributed by atoms with van der Waals surface area (Å²) >= 11 is 3.58. The van der Waals surface area contributed by atoms with Crippen molar-refractivity contribution in [2.24, 2.45) is 0 Å². The van der Waals surface area contributed by atoms with Crippen LogP contribution in [0.5, 0.6) is 11.5 Å². The molecule has 20 heavy (non-hydrogen) atoms. The van der Waals surface area contributed by atoms with Crippen LogP contribution in [-0.4, -0.2) is 11.0 Å². The zero-order chi connectivity index (χ0) is 13.9. The van der Waals surface area contributed by atoms with Crippen molar-refractivity contribution in [3.05, 3.63) is 52.3 Å². The quantitative estimate of drug-likeness (QED) is 0.891. The summed E-state index contributed by atoms with van der Waals surface area (Å²) in [6.45, 7) is 2.85. The van der Waals surface area contributed by atoms with Crippen molar-refractivity contribution in [3.63, 3.8) is 0 Å². The van der Waals surface area contributed by atoms with E-state index in [9.17, 15) is 0 Å². The molecule has 0 aliphatic heterocycles. The van der Waals surface area contributed by atoms with Crippen molar-refractivity contribution >= 4 is 15.9 Å². The molecule has 1 heterocycles. The fourth-order valence-electron chi connectivity index (χ4n) is 1.98. The highest BCUT2D eigenvalue weighted by atomic mass is 79.9. The standard InChI is InChI=1S/C16H17BrN2O/c1-11-15(3-2-8-18-11)20-16-7-4-12(9-14(16)17)10-19-13-5-6-13/h2-4,7-9,13,19H,5-6,10H2,1H3. The number of hydrogen-bond donors (Lipinski definition) is 1. The van der Waals surface area contributed by atoms with Crippen LogP contribution in [0.2, 0.25) is 0 Å². The van der Waals surface area contributed by atoms with Gasteiger partial charge in [0.2, 0.25) is 0 Å². The Morgan fingerprint density at radius 1 is 1.30 bits per heavy atom. The summed E-state index contributed by atoms with van der Waals surface area (Å²) in [6, 6.07) is 10.7. The third-order valence-electron chi connectivity index (χ3n) is 3.35. The van der Waals surface area contributed by atoms with Crippen LogP contribution >= 0.6 is 15.9 Å². The minimum atomic E-state index is 0.725. The summed E-state index contributed by atoms with van der Waals surface area (Å²) in [5.41, 5.74) is 2.15. The van der Waals surface area contributed by atoms with E-state index in [0.29, 0.717) is 0 Å². The lowest BCUT2D eigenvalue weighted by Gasteiger charge is -2.11. The number of aryl methyl sites for hydroxylation is 1. The Bertz CT molecular complexity index is 611. The number of rotatable bonds is 5. The van der Waals surface area contributed by atoms with Gasteiger partial charge >= 0.3 is 0 Å². The molecule has 3 nitrogen and oxygen atoms in total. The van der Waals surface area contributed by atoms with E-state index in [1.54, 1.807) is 6.20 Å². The molecule has 1 fully saturated rings. The number of hydrogen-bond acceptors (Lipinski definition) is 3. The lowest BCUT2D eigenvalue weighted by atomic mass is 10.2. The first-order chi connectivity index (χ1) is 9.72. The lowest BCUT2D eigenvalue weighted by molar-refractivity contribution is 0.472. The number of nitrogens with one attached hydrogen (secondary N) is 1. The predicted octanol–water partition coefficient (Wildman–Crippen LogP) is 4.20. The zero-order valence-corrected chi connectivity index (χ0v) is 13.0. The first-order valence-electron chi connectivity index (χ1n) is 6.83. The van der Waals surface area contributed by atoms with Crippen LogP contribution in [0.4, 0.5) is 0 Å². The molecule has 1 aliphatic rings. The highest BCUT2D eigenvalue weighted by Gasteiger charge is 2.20. The molecule has 0 amide bonds. The Balaban J connectivity index is 1.71. The molecule has 0 radical (unpaired) electrons. The second kappa shape index (κ2) is 5.94. The third-order valence-corrected chi connectivity index (χ3v) is 3.97. The number of ether oxygens (including phenoxy) is 1. The van der Waals surface area contributed by atoms with E-state index in [2.05, 4.69) is 38.4 Å². The van der Waals surface area contributed by atoms with E-state index >= 15 is 0 Å².